The van der Waals surface area contributed by atoms with Crippen molar-refractivity contribution in [2.24, 2.45) is 11.1 Å². The normalized spacial score (nSPS) is 11.1. The monoisotopic (exact) mass is 497 g/mol. The zero-order valence-electron chi connectivity index (χ0n) is 19.8. The first-order valence-electron chi connectivity index (χ1n) is 11.2. The molecule has 0 aromatic heterocycles. The van der Waals surface area contributed by atoms with Crippen LogP contribution >= 0.6 is 11.6 Å². The molecule has 0 aliphatic rings. The van der Waals surface area contributed by atoms with E-state index in [0.29, 0.717) is 29.4 Å². The van der Waals surface area contributed by atoms with Gasteiger partial charge in [-0.25, -0.2) is 9.18 Å². The highest BCUT2D eigenvalue weighted by atomic mass is 35.5. The van der Waals surface area contributed by atoms with Crippen LogP contribution in [-0.4, -0.2) is 30.0 Å². The van der Waals surface area contributed by atoms with Crippen molar-refractivity contribution >= 4 is 29.3 Å². The van der Waals surface area contributed by atoms with Crippen LogP contribution < -0.4 is 11.1 Å². The molecule has 3 aromatic rings. The zero-order valence-corrected chi connectivity index (χ0v) is 20.5. The minimum absolute atomic E-state index is 0.136. The Morgan fingerprint density at radius 1 is 1.06 bits per heavy atom. The van der Waals surface area contributed by atoms with Crippen molar-refractivity contribution in [1.29, 1.82) is 0 Å². The second-order valence-electron chi connectivity index (χ2n) is 9.03. The van der Waals surface area contributed by atoms with Gasteiger partial charge in [-0.15, -0.1) is 0 Å². The van der Waals surface area contributed by atoms with Crippen molar-refractivity contribution in [3.05, 3.63) is 100 Å². The van der Waals surface area contributed by atoms with Gasteiger partial charge in [0, 0.05) is 29.4 Å². The summed E-state index contributed by atoms with van der Waals surface area (Å²) in [6.07, 6.45) is -0.612. The third-order valence-electron chi connectivity index (χ3n) is 5.40. The molecule has 0 fully saturated rings. The van der Waals surface area contributed by atoms with Crippen LogP contribution in [0.25, 0.3) is 0 Å². The lowest BCUT2D eigenvalue weighted by Gasteiger charge is -2.32. The molecule has 3 rings (SSSR count). The van der Waals surface area contributed by atoms with Gasteiger partial charge in [0.05, 0.1) is 0 Å². The third-order valence-corrected chi connectivity index (χ3v) is 5.77. The summed E-state index contributed by atoms with van der Waals surface area (Å²) >= 11 is 6.43. The summed E-state index contributed by atoms with van der Waals surface area (Å²) in [6, 6.07) is 19.9. The first-order chi connectivity index (χ1) is 16.7. The molecular weight excluding hydrogens is 469 g/mol. The van der Waals surface area contributed by atoms with Crippen molar-refractivity contribution < 1.29 is 18.7 Å². The molecule has 0 unspecified atom stereocenters. The zero-order chi connectivity index (χ0) is 25.4. The second kappa shape index (κ2) is 11.8. The molecule has 0 radical (unpaired) electrons. The Kier molecular flexibility index (Phi) is 8.84. The molecule has 6 nitrogen and oxygen atoms in total. The molecule has 0 atom stereocenters. The Balaban J connectivity index is 1.77. The lowest BCUT2D eigenvalue weighted by Crippen LogP contribution is -2.41. The number of carbonyl (C=O) groups excluding carboxylic acids is 2. The van der Waals surface area contributed by atoms with Gasteiger partial charge in [-0.3, -0.25) is 10.1 Å². The van der Waals surface area contributed by atoms with Gasteiger partial charge >= 0.3 is 6.09 Å². The highest BCUT2D eigenvalue weighted by Crippen LogP contribution is 2.26. The van der Waals surface area contributed by atoms with Gasteiger partial charge in [-0.2, -0.15) is 0 Å². The average molecular weight is 498 g/mol. The van der Waals surface area contributed by atoms with Gasteiger partial charge in [0.1, 0.15) is 12.4 Å². The lowest BCUT2D eigenvalue weighted by atomic mass is 9.92. The van der Waals surface area contributed by atoms with Crippen LogP contribution in [0, 0.1) is 11.2 Å². The Hall–Kier alpha value is -3.42. The molecule has 3 aromatic carbocycles. The molecule has 35 heavy (non-hydrogen) atoms. The Labute approximate surface area is 209 Å². The van der Waals surface area contributed by atoms with E-state index in [1.54, 1.807) is 29.2 Å². The molecular formula is C27H29ClFN3O3. The van der Waals surface area contributed by atoms with E-state index in [4.69, 9.17) is 22.1 Å². The van der Waals surface area contributed by atoms with Gasteiger partial charge in [0.15, 0.2) is 0 Å². The van der Waals surface area contributed by atoms with E-state index in [9.17, 15) is 14.0 Å². The quantitative estimate of drug-likeness (QED) is 0.388. The lowest BCUT2D eigenvalue weighted by molar-refractivity contribution is 0.0673. The van der Waals surface area contributed by atoms with E-state index in [-0.39, 0.29) is 30.0 Å². The molecule has 3 N–H and O–H groups in total. The number of benzene rings is 3. The molecule has 0 saturated carbocycles. The summed E-state index contributed by atoms with van der Waals surface area (Å²) in [5.41, 5.74) is 7.71. The van der Waals surface area contributed by atoms with E-state index < -0.39 is 11.9 Å². The van der Waals surface area contributed by atoms with E-state index >= 15 is 0 Å². The minimum Gasteiger partial charge on any atom is -0.444 e. The summed E-state index contributed by atoms with van der Waals surface area (Å²) in [6.45, 7) is 4.85. The van der Waals surface area contributed by atoms with Crippen LogP contribution in [0.2, 0.25) is 5.02 Å². The molecule has 0 saturated heterocycles. The predicted molar refractivity (Wildman–Crippen MR) is 136 cm³/mol. The van der Waals surface area contributed by atoms with E-state index in [1.165, 1.54) is 18.2 Å². The van der Waals surface area contributed by atoms with E-state index in [1.807, 2.05) is 44.2 Å². The summed E-state index contributed by atoms with van der Waals surface area (Å²) in [5, 5.41) is 3.11. The molecule has 184 valence electrons. The van der Waals surface area contributed by atoms with E-state index in [2.05, 4.69) is 5.32 Å². The molecule has 0 aliphatic carbocycles. The number of nitrogens with two attached hydrogens (primary N) is 1. The first kappa shape index (κ1) is 26.2. The highest BCUT2D eigenvalue weighted by molar-refractivity contribution is 6.31. The molecule has 0 spiro atoms. The van der Waals surface area contributed by atoms with Crippen LogP contribution in [0.15, 0.2) is 72.8 Å². The SMILES string of the molecule is CC(C)(CN)CN(Cc1cc(NC(=O)OCc2ccccc2)ccc1Cl)C(=O)c1cccc(F)c1. The fourth-order valence-corrected chi connectivity index (χ4v) is 3.62. The van der Waals surface area contributed by atoms with Gasteiger partial charge in [0.2, 0.25) is 0 Å². The molecule has 0 aliphatic heterocycles. The molecule has 8 heteroatoms. The standard InChI is InChI=1S/C27H29ClFN3O3/c1-27(2,17-30)18-32(25(33)20-9-6-10-22(29)13-20)15-21-14-23(11-12-24(21)28)31-26(34)35-16-19-7-4-3-5-8-19/h3-14H,15-18,30H2,1-2H3,(H,31,34). The summed E-state index contributed by atoms with van der Waals surface area (Å²) in [5.74, 6) is -0.838. The van der Waals surface area contributed by atoms with Crippen molar-refractivity contribution in [1.82, 2.24) is 4.90 Å². The number of carbonyl (C=O) groups is 2. The third kappa shape index (κ3) is 7.80. The molecule has 0 heterocycles. The number of hydrogen-bond donors (Lipinski definition) is 2. The second-order valence-corrected chi connectivity index (χ2v) is 9.44. The first-order valence-corrected chi connectivity index (χ1v) is 11.6. The number of rotatable bonds is 9. The van der Waals surface area contributed by atoms with Crippen molar-refractivity contribution in [3.63, 3.8) is 0 Å². The van der Waals surface area contributed by atoms with Gasteiger partial charge in [-0.1, -0.05) is 61.8 Å². The fourth-order valence-electron chi connectivity index (χ4n) is 3.44. The molecule has 2 amide bonds. The Morgan fingerprint density at radius 2 is 1.80 bits per heavy atom. The molecule has 0 bridgehead atoms. The average Bonchev–Trinajstić information content (AvgIpc) is 2.84. The van der Waals surface area contributed by atoms with Crippen LogP contribution in [0.3, 0.4) is 0 Å². The van der Waals surface area contributed by atoms with Crippen LogP contribution in [0.1, 0.15) is 35.3 Å². The van der Waals surface area contributed by atoms with E-state index in [0.717, 1.165) is 5.56 Å². The number of ether oxygens (including phenoxy) is 1. The number of nitrogens with one attached hydrogen (secondary N) is 1. The summed E-state index contributed by atoms with van der Waals surface area (Å²) in [4.78, 5) is 27.1. The number of hydrogen-bond acceptors (Lipinski definition) is 4. The highest BCUT2D eigenvalue weighted by Gasteiger charge is 2.26. The number of amides is 2. The maximum atomic E-state index is 13.8. The largest absolute Gasteiger partial charge is 0.444 e. The fraction of sp³-hybridized carbons (Fsp3) is 0.259. The van der Waals surface area contributed by atoms with Crippen LogP contribution in [0.5, 0.6) is 0 Å². The van der Waals surface area contributed by atoms with Crippen molar-refractivity contribution in [3.8, 4) is 0 Å². The number of anilines is 1. The topological polar surface area (TPSA) is 84.7 Å². The number of halogens is 2. The van der Waals surface area contributed by atoms with Gasteiger partial charge < -0.3 is 15.4 Å². The van der Waals surface area contributed by atoms with Crippen molar-refractivity contribution in [2.45, 2.75) is 27.0 Å². The summed E-state index contributed by atoms with van der Waals surface area (Å²) < 4.78 is 19.0. The summed E-state index contributed by atoms with van der Waals surface area (Å²) in [7, 11) is 0. The van der Waals surface area contributed by atoms with Crippen molar-refractivity contribution in [2.75, 3.05) is 18.4 Å². The van der Waals surface area contributed by atoms with Gasteiger partial charge in [0.25, 0.3) is 5.91 Å². The van der Waals surface area contributed by atoms with Crippen LogP contribution in [-0.2, 0) is 17.9 Å². The maximum Gasteiger partial charge on any atom is 0.411 e. The minimum atomic E-state index is -0.612. The Morgan fingerprint density at radius 3 is 2.49 bits per heavy atom. The smallest absolute Gasteiger partial charge is 0.411 e. The number of nitrogens with zero attached hydrogens (tertiary/aromatic N) is 1. The predicted octanol–water partition coefficient (Wildman–Crippen LogP) is 5.86. The Bertz CT molecular complexity index is 1170. The maximum absolute atomic E-state index is 13.8. The van der Waals surface area contributed by atoms with Gasteiger partial charge in [-0.05, 0) is 59.5 Å². The van der Waals surface area contributed by atoms with Crippen LogP contribution in [0.4, 0.5) is 14.9 Å².